The quantitative estimate of drug-likeness (QED) is 0.513. The lowest BCUT2D eigenvalue weighted by atomic mass is 9.80. The number of methoxy groups -OCH3 is 1. The van der Waals surface area contributed by atoms with Gasteiger partial charge in [0.2, 0.25) is 5.91 Å². The molecule has 2 N–H and O–H groups in total. The summed E-state index contributed by atoms with van der Waals surface area (Å²) in [4.78, 5) is 31.6. The van der Waals surface area contributed by atoms with Gasteiger partial charge in [-0.15, -0.1) is 11.3 Å². The SMILES string of the molecule is COC(=O)CC1(C(=O)NCc2nc3cc(CC[NH+](C)C)ccc3s2)Cc2ccccc2C1. The van der Waals surface area contributed by atoms with Gasteiger partial charge in [0.15, 0.2) is 0 Å². The van der Waals surface area contributed by atoms with E-state index in [-0.39, 0.29) is 18.3 Å². The summed E-state index contributed by atoms with van der Waals surface area (Å²) < 4.78 is 6.02. The number of amides is 1. The first-order chi connectivity index (χ1) is 15.4. The van der Waals surface area contributed by atoms with Crippen molar-refractivity contribution in [3.63, 3.8) is 0 Å². The van der Waals surface area contributed by atoms with Crippen molar-refractivity contribution >= 4 is 33.4 Å². The van der Waals surface area contributed by atoms with E-state index in [2.05, 4.69) is 37.6 Å². The van der Waals surface area contributed by atoms with Crippen LogP contribution < -0.4 is 10.2 Å². The fraction of sp³-hybridized carbons (Fsp3) is 0.400. The molecule has 0 saturated carbocycles. The van der Waals surface area contributed by atoms with Crippen molar-refractivity contribution in [1.82, 2.24) is 10.3 Å². The van der Waals surface area contributed by atoms with E-state index in [9.17, 15) is 9.59 Å². The number of fused-ring (bicyclic) bond motifs is 2. The highest BCUT2D eigenvalue weighted by molar-refractivity contribution is 7.18. The van der Waals surface area contributed by atoms with Crippen LogP contribution in [-0.4, -0.2) is 44.6 Å². The Morgan fingerprint density at radius 3 is 2.53 bits per heavy atom. The first-order valence-electron chi connectivity index (χ1n) is 11.0. The van der Waals surface area contributed by atoms with Crippen LogP contribution in [0.25, 0.3) is 10.2 Å². The predicted octanol–water partition coefficient (Wildman–Crippen LogP) is 1.95. The molecule has 0 spiro atoms. The van der Waals surface area contributed by atoms with Crippen LogP contribution in [-0.2, 0) is 40.1 Å². The number of carbonyl (C=O) groups is 2. The van der Waals surface area contributed by atoms with Crippen molar-refractivity contribution in [3.05, 3.63) is 64.2 Å². The minimum atomic E-state index is -0.810. The number of esters is 1. The van der Waals surface area contributed by atoms with Crippen LogP contribution in [0.2, 0.25) is 0 Å². The molecule has 6 nitrogen and oxygen atoms in total. The van der Waals surface area contributed by atoms with E-state index in [4.69, 9.17) is 9.72 Å². The second-order valence-electron chi connectivity index (χ2n) is 8.95. The van der Waals surface area contributed by atoms with E-state index >= 15 is 0 Å². The van der Waals surface area contributed by atoms with Gasteiger partial charge in [-0.2, -0.15) is 0 Å². The maximum absolute atomic E-state index is 13.3. The molecule has 2 aromatic carbocycles. The number of carbonyl (C=O) groups excluding carboxylic acids is 2. The topological polar surface area (TPSA) is 72.7 Å². The van der Waals surface area contributed by atoms with Gasteiger partial charge in [0, 0.05) is 6.42 Å². The molecule has 168 valence electrons. The summed E-state index contributed by atoms with van der Waals surface area (Å²) in [5, 5.41) is 3.93. The molecule has 1 amide bonds. The zero-order chi connectivity index (χ0) is 22.7. The Hall–Kier alpha value is -2.77. The van der Waals surface area contributed by atoms with Gasteiger partial charge in [-0.1, -0.05) is 30.3 Å². The molecule has 0 saturated heterocycles. The highest BCUT2D eigenvalue weighted by atomic mass is 32.1. The third kappa shape index (κ3) is 4.84. The zero-order valence-corrected chi connectivity index (χ0v) is 19.7. The van der Waals surface area contributed by atoms with Crippen LogP contribution in [0.4, 0.5) is 0 Å². The zero-order valence-electron chi connectivity index (χ0n) is 18.9. The van der Waals surface area contributed by atoms with Crippen LogP contribution in [0.15, 0.2) is 42.5 Å². The molecular weight excluding hydrogens is 422 g/mol. The van der Waals surface area contributed by atoms with Crippen LogP contribution in [0, 0.1) is 5.41 Å². The van der Waals surface area contributed by atoms with Crippen molar-refractivity contribution in [2.45, 2.75) is 32.2 Å². The fourth-order valence-corrected chi connectivity index (χ4v) is 5.29. The Morgan fingerprint density at radius 1 is 1.16 bits per heavy atom. The Balaban J connectivity index is 1.47. The van der Waals surface area contributed by atoms with E-state index in [1.807, 2.05) is 24.3 Å². The molecule has 1 heterocycles. The third-order valence-corrected chi connectivity index (χ3v) is 7.21. The summed E-state index contributed by atoms with van der Waals surface area (Å²) in [5.41, 5.74) is 3.69. The largest absolute Gasteiger partial charge is 0.469 e. The summed E-state index contributed by atoms with van der Waals surface area (Å²) in [6.45, 7) is 1.43. The van der Waals surface area contributed by atoms with Crippen LogP contribution in [0.1, 0.15) is 28.1 Å². The molecule has 1 aliphatic rings. The Kier molecular flexibility index (Phi) is 6.58. The average Bonchev–Trinajstić information content (AvgIpc) is 3.36. The molecule has 1 aromatic heterocycles. The number of thiazole rings is 1. The van der Waals surface area contributed by atoms with Gasteiger partial charge in [-0.05, 0) is 41.7 Å². The molecule has 7 heteroatoms. The second-order valence-corrected chi connectivity index (χ2v) is 10.1. The van der Waals surface area contributed by atoms with Crippen molar-refractivity contribution in [2.75, 3.05) is 27.7 Å². The minimum absolute atomic E-state index is 0.0705. The Labute approximate surface area is 192 Å². The van der Waals surface area contributed by atoms with Gasteiger partial charge in [0.1, 0.15) is 5.01 Å². The van der Waals surface area contributed by atoms with E-state index in [0.29, 0.717) is 19.4 Å². The van der Waals surface area contributed by atoms with E-state index in [1.165, 1.54) is 17.6 Å². The number of likely N-dealkylation sites (N-methyl/N-ethyl adjacent to an activating group) is 1. The number of hydrogen-bond donors (Lipinski definition) is 2. The van der Waals surface area contributed by atoms with Crippen LogP contribution in [0.5, 0.6) is 0 Å². The minimum Gasteiger partial charge on any atom is -0.469 e. The van der Waals surface area contributed by atoms with E-state index < -0.39 is 5.41 Å². The van der Waals surface area contributed by atoms with Gasteiger partial charge in [0.25, 0.3) is 0 Å². The molecule has 1 aliphatic carbocycles. The smallest absolute Gasteiger partial charge is 0.306 e. The number of aromatic nitrogens is 1. The van der Waals surface area contributed by atoms with Gasteiger partial charge >= 0.3 is 5.97 Å². The van der Waals surface area contributed by atoms with Crippen molar-refractivity contribution in [1.29, 1.82) is 0 Å². The number of benzene rings is 2. The average molecular weight is 453 g/mol. The summed E-state index contributed by atoms with van der Waals surface area (Å²) in [5.74, 6) is -0.479. The lowest BCUT2D eigenvalue weighted by Crippen LogP contribution is -3.05. The lowest BCUT2D eigenvalue weighted by molar-refractivity contribution is -0.858. The van der Waals surface area contributed by atoms with Crippen molar-refractivity contribution < 1.29 is 19.2 Å². The first kappa shape index (κ1) is 22.4. The number of hydrogen-bond acceptors (Lipinski definition) is 5. The monoisotopic (exact) mass is 452 g/mol. The first-order valence-corrected chi connectivity index (χ1v) is 11.8. The maximum atomic E-state index is 13.3. The Morgan fingerprint density at radius 2 is 1.88 bits per heavy atom. The summed E-state index contributed by atoms with van der Waals surface area (Å²) in [6.07, 6.45) is 2.17. The normalized spacial score (nSPS) is 14.5. The number of nitrogens with zero attached hydrogens (tertiary/aromatic N) is 1. The molecule has 0 aliphatic heterocycles. The molecule has 3 aromatic rings. The van der Waals surface area contributed by atoms with Gasteiger partial charge in [0.05, 0.1) is 56.3 Å². The standard InChI is InChI=1S/C25H29N3O3S/c1-28(2)11-10-17-8-9-21-20(12-17)27-22(32-21)16-26-24(30)25(15-23(29)31-3)13-18-6-4-5-7-19(18)14-25/h4-9,12H,10-11,13-16H2,1-3H3,(H,26,30)/p+1. The van der Waals surface area contributed by atoms with E-state index in [0.717, 1.165) is 39.3 Å². The summed E-state index contributed by atoms with van der Waals surface area (Å²) >= 11 is 1.60. The highest BCUT2D eigenvalue weighted by Crippen LogP contribution is 2.40. The van der Waals surface area contributed by atoms with Gasteiger partial charge in [-0.25, -0.2) is 4.98 Å². The molecule has 4 rings (SSSR count). The van der Waals surface area contributed by atoms with Gasteiger partial charge < -0.3 is 15.0 Å². The number of rotatable bonds is 8. The predicted molar refractivity (Wildman–Crippen MR) is 126 cm³/mol. The lowest BCUT2D eigenvalue weighted by Gasteiger charge is -2.26. The molecule has 32 heavy (non-hydrogen) atoms. The molecule has 0 radical (unpaired) electrons. The number of nitrogens with one attached hydrogen (secondary N) is 2. The Bertz CT molecular complexity index is 1110. The number of quaternary nitrogens is 1. The molecular formula is C25H30N3O3S+. The van der Waals surface area contributed by atoms with Crippen molar-refractivity contribution in [3.8, 4) is 0 Å². The van der Waals surface area contributed by atoms with Gasteiger partial charge in [-0.3, -0.25) is 9.59 Å². The fourth-order valence-electron chi connectivity index (χ4n) is 4.40. The number of ether oxygens (including phenoxy) is 1. The highest BCUT2D eigenvalue weighted by Gasteiger charge is 2.45. The summed E-state index contributed by atoms with van der Waals surface area (Å²) in [7, 11) is 5.67. The summed E-state index contributed by atoms with van der Waals surface area (Å²) in [6, 6.07) is 14.4. The molecule has 0 atom stereocenters. The molecule has 0 unspecified atom stereocenters. The molecule has 0 fully saturated rings. The van der Waals surface area contributed by atoms with Crippen molar-refractivity contribution in [2.24, 2.45) is 5.41 Å². The van der Waals surface area contributed by atoms with Crippen LogP contribution >= 0.6 is 11.3 Å². The maximum Gasteiger partial charge on any atom is 0.306 e. The second kappa shape index (κ2) is 9.38. The van der Waals surface area contributed by atoms with Crippen LogP contribution in [0.3, 0.4) is 0 Å². The third-order valence-electron chi connectivity index (χ3n) is 6.18. The van der Waals surface area contributed by atoms with E-state index in [1.54, 1.807) is 11.3 Å². The molecule has 0 bridgehead atoms.